The molecule has 0 aromatic rings. The van der Waals surface area contributed by atoms with Crippen molar-refractivity contribution in [2.24, 2.45) is 17.8 Å². The van der Waals surface area contributed by atoms with Crippen LogP contribution in [-0.2, 0) is 9.59 Å². The molecule has 0 amide bonds. The molecule has 0 heterocycles. The maximum Gasteiger partial charge on any atom is 0.159 e. The van der Waals surface area contributed by atoms with Crippen molar-refractivity contribution < 1.29 is 157 Å². The van der Waals surface area contributed by atoms with Gasteiger partial charge in [-0.05, 0) is 5.57 Å². The summed E-state index contributed by atoms with van der Waals surface area (Å²) in [6.07, 6.45) is 0.942. The van der Waals surface area contributed by atoms with Gasteiger partial charge in [0.15, 0.2) is 5.78 Å². The fourth-order valence-electron chi connectivity index (χ4n) is 1.85. The molecule has 20 heavy (non-hydrogen) atoms. The third-order valence-corrected chi connectivity index (χ3v) is 3.38. The van der Waals surface area contributed by atoms with Crippen molar-refractivity contribution in [3.05, 3.63) is 12.2 Å². The number of hydrogen-bond acceptors (Lipinski definition) is 5. The van der Waals surface area contributed by atoms with Crippen LogP contribution >= 0.6 is 0 Å². The number of rotatable bonds is 3. The van der Waals surface area contributed by atoms with E-state index in [1.165, 1.54) is 0 Å². The average Bonchev–Trinajstić information content (AvgIpc) is 2.33. The molecule has 0 spiro atoms. The van der Waals surface area contributed by atoms with Crippen LogP contribution in [0, 0.1) is 150 Å². The fourth-order valence-corrected chi connectivity index (χ4v) is 1.85. The molecular weight excluding hydrogens is 905 g/mol. The van der Waals surface area contributed by atoms with Crippen LogP contribution in [0.25, 0.3) is 0 Å². The molecule has 3 N–H and O–H groups in total. The summed E-state index contributed by atoms with van der Waals surface area (Å²) in [6, 6.07) is 0. The Balaban J connectivity index is -0.000000252. The number of ketones is 2. The van der Waals surface area contributed by atoms with E-state index in [1.807, 2.05) is 0 Å². The first-order valence-corrected chi connectivity index (χ1v) is 5.62. The third kappa shape index (κ3) is 7.91. The predicted molar refractivity (Wildman–Crippen MR) is 60.1 cm³/mol. The van der Waals surface area contributed by atoms with Crippen LogP contribution in [-0.4, -0.2) is 46.7 Å². The molecule has 0 aromatic heterocycles. The second-order valence-electron chi connectivity index (χ2n) is 4.43. The summed E-state index contributed by atoms with van der Waals surface area (Å²) in [6.45, 7) is 3.48. The van der Waals surface area contributed by atoms with Gasteiger partial charge in [-0.2, -0.15) is 0 Å². The molecular formula is C12H18Ac3O5. The van der Waals surface area contributed by atoms with Gasteiger partial charge in [0, 0.05) is 169 Å². The van der Waals surface area contributed by atoms with E-state index in [2.05, 4.69) is 6.58 Å². The first kappa shape index (κ1) is 28.1. The zero-order valence-electron chi connectivity index (χ0n) is 11.4. The van der Waals surface area contributed by atoms with E-state index in [0.29, 0.717) is 18.4 Å². The molecule has 3 atom stereocenters. The van der Waals surface area contributed by atoms with Gasteiger partial charge < -0.3 is 15.3 Å². The third-order valence-electron chi connectivity index (χ3n) is 3.38. The second kappa shape index (κ2) is 14.6. The van der Waals surface area contributed by atoms with Gasteiger partial charge in [-0.15, -0.1) is 0 Å². The summed E-state index contributed by atoms with van der Waals surface area (Å²) >= 11 is 0. The van der Waals surface area contributed by atoms with Gasteiger partial charge in [0.1, 0.15) is 5.78 Å². The van der Waals surface area contributed by atoms with E-state index >= 15 is 0 Å². The van der Waals surface area contributed by atoms with Crippen LogP contribution in [0.1, 0.15) is 12.8 Å². The maximum atomic E-state index is 10.6. The van der Waals surface area contributed by atoms with Gasteiger partial charge in [-0.3, -0.25) is 9.59 Å². The molecule has 8 heteroatoms. The zero-order valence-corrected chi connectivity index (χ0v) is 25.6. The molecule has 2 rings (SSSR count). The van der Waals surface area contributed by atoms with Crippen LogP contribution in [0.5, 0.6) is 0 Å². The van der Waals surface area contributed by atoms with Crippen molar-refractivity contribution in [3.63, 3.8) is 0 Å². The molecule has 0 unspecified atom stereocenters. The monoisotopic (exact) mass is 923 g/mol. The SMILES string of the molecule is C=C1C(=O)C[C@H]1CO.O=C1C[C@@H](CO)[C@@H]1CO.[Ac].[Ac].[Ac]. The number of carbonyl (C=O) groups is 2. The molecule has 105 valence electrons. The largest absolute Gasteiger partial charge is 0.396 e. The van der Waals surface area contributed by atoms with Crippen molar-refractivity contribution in [2.75, 3.05) is 19.8 Å². The van der Waals surface area contributed by atoms with Gasteiger partial charge in [-0.25, -0.2) is 0 Å². The summed E-state index contributed by atoms with van der Waals surface area (Å²) < 4.78 is 0. The van der Waals surface area contributed by atoms with Crippen LogP contribution in [0.3, 0.4) is 0 Å². The van der Waals surface area contributed by atoms with Gasteiger partial charge in [0.05, 0.1) is 13.2 Å². The van der Waals surface area contributed by atoms with E-state index in [4.69, 9.17) is 15.3 Å². The molecule has 0 aromatic carbocycles. The average molecular weight is 923 g/mol. The Morgan fingerprint density at radius 2 is 1.50 bits per heavy atom. The normalized spacial score (nSPS) is 26.6. The van der Waals surface area contributed by atoms with Crippen LogP contribution in [0.2, 0.25) is 0 Å². The first-order valence-electron chi connectivity index (χ1n) is 5.62. The van der Waals surface area contributed by atoms with Crippen LogP contribution < -0.4 is 0 Å². The summed E-state index contributed by atoms with van der Waals surface area (Å²) in [5.74, 6) is 0.0144. The summed E-state index contributed by atoms with van der Waals surface area (Å²) in [7, 11) is 0. The van der Waals surface area contributed by atoms with Crippen LogP contribution in [0.15, 0.2) is 12.2 Å². The Hall–Kier alpha value is 3.28. The Bertz CT molecular complexity index is 335. The van der Waals surface area contributed by atoms with Gasteiger partial charge in [-0.1, -0.05) is 6.58 Å². The smallest absolute Gasteiger partial charge is 0.159 e. The minimum Gasteiger partial charge on any atom is -0.396 e. The summed E-state index contributed by atoms with van der Waals surface area (Å²) in [5, 5.41) is 25.5. The molecule has 2 aliphatic rings. The number of carbonyl (C=O) groups excluding carboxylic acids is 2. The first-order chi connectivity index (χ1) is 8.04. The number of hydrogen-bond donors (Lipinski definition) is 3. The molecule has 2 saturated carbocycles. The maximum absolute atomic E-state index is 10.6. The standard InChI is InChI=1S/C6H10O3.C6H8O2.3Ac/c7-2-4-1-6(9)5(4)3-8;1-4-5(3-7)2-6(4)8;;;/h4-5,7-8H,1-3H2;5,7H,1-3H2;;;/t4-,5-;5-;;;/m00.../s1. The molecule has 0 aliphatic heterocycles. The topological polar surface area (TPSA) is 94.8 Å². The molecule has 2 fully saturated rings. The minimum atomic E-state index is -0.269. The van der Waals surface area contributed by atoms with E-state index in [-0.39, 0.29) is 181 Å². The Labute approximate surface area is 226 Å². The molecule has 0 saturated heterocycles. The molecule has 3 radical (unpaired) electrons. The Kier molecular flexibility index (Phi) is 20.5. The van der Waals surface area contributed by atoms with E-state index < -0.39 is 0 Å². The number of Topliss-reactive ketones (excluding diaryl/α,β-unsaturated/α-hetero) is 2. The Morgan fingerprint density at radius 1 is 0.950 bits per heavy atom. The van der Waals surface area contributed by atoms with Crippen LogP contribution in [0.4, 0.5) is 0 Å². The van der Waals surface area contributed by atoms with E-state index in [0.717, 1.165) is 0 Å². The number of aliphatic hydroxyl groups excluding tert-OH is 3. The van der Waals surface area contributed by atoms with Gasteiger partial charge >= 0.3 is 0 Å². The Morgan fingerprint density at radius 3 is 1.65 bits per heavy atom. The predicted octanol–water partition coefficient (Wildman–Crippen LogP) is -0.700. The van der Waals surface area contributed by atoms with Crippen molar-refractivity contribution >= 4 is 11.6 Å². The minimum absolute atomic E-state index is 0. The van der Waals surface area contributed by atoms with Crippen molar-refractivity contribution in [1.82, 2.24) is 0 Å². The summed E-state index contributed by atoms with van der Waals surface area (Å²) in [5.41, 5.74) is 0.590. The van der Waals surface area contributed by atoms with Crippen molar-refractivity contribution in [3.8, 4) is 0 Å². The van der Waals surface area contributed by atoms with Gasteiger partial charge in [0.2, 0.25) is 0 Å². The second-order valence-corrected chi connectivity index (χ2v) is 4.43. The zero-order chi connectivity index (χ0) is 13.0. The van der Waals surface area contributed by atoms with Gasteiger partial charge in [0.25, 0.3) is 0 Å². The van der Waals surface area contributed by atoms with Crippen molar-refractivity contribution in [1.29, 1.82) is 0 Å². The molecule has 0 bridgehead atoms. The molecule has 5 nitrogen and oxygen atoms in total. The van der Waals surface area contributed by atoms with E-state index in [1.54, 1.807) is 0 Å². The van der Waals surface area contributed by atoms with Crippen molar-refractivity contribution in [2.45, 2.75) is 12.8 Å². The fraction of sp³-hybridized carbons (Fsp3) is 0.667. The summed E-state index contributed by atoms with van der Waals surface area (Å²) in [4.78, 5) is 20.9. The molecule has 2 aliphatic carbocycles. The number of aliphatic hydroxyl groups is 3. The van der Waals surface area contributed by atoms with E-state index in [9.17, 15) is 9.59 Å². The quantitative estimate of drug-likeness (QED) is 0.326.